The van der Waals surface area contributed by atoms with Gasteiger partial charge in [0, 0.05) is 18.6 Å². The van der Waals surface area contributed by atoms with Crippen molar-refractivity contribution in [3.8, 4) is 5.75 Å². The SMILES string of the molecule is O[C@@H]1CCC(F)(F)CC1Oc1cc2sc(Br)nc2cc1F. The van der Waals surface area contributed by atoms with Crippen molar-refractivity contribution in [2.24, 2.45) is 0 Å². The van der Waals surface area contributed by atoms with Crippen molar-refractivity contribution in [2.75, 3.05) is 0 Å². The zero-order valence-electron chi connectivity index (χ0n) is 10.7. The van der Waals surface area contributed by atoms with Crippen molar-refractivity contribution in [1.82, 2.24) is 4.98 Å². The van der Waals surface area contributed by atoms with Crippen molar-refractivity contribution in [3.05, 3.63) is 21.9 Å². The summed E-state index contributed by atoms with van der Waals surface area (Å²) in [5, 5.41) is 9.77. The number of thiazole rings is 1. The highest BCUT2D eigenvalue weighted by molar-refractivity contribution is 9.11. The molecule has 0 radical (unpaired) electrons. The van der Waals surface area contributed by atoms with Gasteiger partial charge in [-0.1, -0.05) is 0 Å². The number of nitrogens with zero attached hydrogens (tertiary/aromatic N) is 1. The Morgan fingerprint density at radius 3 is 2.95 bits per heavy atom. The number of fused-ring (bicyclic) bond motifs is 1. The lowest BCUT2D eigenvalue weighted by Gasteiger charge is -2.33. The molecule has 21 heavy (non-hydrogen) atoms. The third kappa shape index (κ3) is 3.17. The lowest BCUT2D eigenvalue weighted by atomic mass is 9.91. The van der Waals surface area contributed by atoms with Crippen LogP contribution in [0.3, 0.4) is 0 Å². The number of rotatable bonds is 2. The Morgan fingerprint density at radius 2 is 2.19 bits per heavy atom. The van der Waals surface area contributed by atoms with E-state index in [2.05, 4.69) is 20.9 Å². The molecule has 0 spiro atoms. The maximum absolute atomic E-state index is 14.0. The van der Waals surface area contributed by atoms with Crippen LogP contribution in [0, 0.1) is 5.82 Å². The van der Waals surface area contributed by atoms with Crippen LogP contribution in [0.15, 0.2) is 16.0 Å². The van der Waals surface area contributed by atoms with E-state index in [9.17, 15) is 18.3 Å². The van der Waals surface area contributed by atoms with Gasteiger partial charge in [0.05, 0.1) is 22.7 Å². The predicted octanol–water partition coefficient (Wildman–Crippen LogP) is 4.13. The van der Waals surface area contributed by atoms with Gasteiger partial charge in [0.2, 0.25) is 0 Å². The number of aliphatic hydroxyl groups excluding tert-OH is 1. The van der Waals surface area contributed by atoms with E-state index >= 15 is 0 Å². The Morgan fingerprint density at radius 1 is 1.43 bits per heavy atom. The Bertz CT molecular complexity index is 679. The first kappa shape index (κ1) is 15.1. The molecule has 8 heteroatoms. The summed E-state index contributed by atoms with van der Waals surface area (Å²) in [5.41, 5.74) is 0.464. The molecule has 1 aromatic heterocycles. The standard InChI is InChI=1S/C13H11BrF3NO2S/c14-12-18-7-3-6(15)9(4-11(7)21-12)20-10-5-13(16,17)2-1-8(10)19/h3-4,8,10,19H,1-2,5H2/t8-,10?/m1/s1. The fourth-order valence-electron chi connectivity index (χ4n) is 2.35. The van der Waals surface area contributed by atoms with Crippen LogP contribution in [-0.2, 0) is 0 Å². The molecular weight excluding hydrogens is 371 g/mol. The van der Waals surface area contributed by atoms with Crippen LogP contribution in [0.2, 0.25) is 0 Å². The number of ether oxygens (including phenoxy) is 1. The van der Waals surface area contributed by atoms with Crippen LogP contribution in [0.4, 0.5) is 13.2 Å². The zero-order valence-corrected chi connectivity index (χ0v) is 13.1. The predicted molar refractivity (Wildman–Crippen MR) is 76.5 cm³/mol. The Hall–Kier alpha value is -0.860. The molecule has 2 aromatic rings. The van der Waals surface area contributed by atoms with Gasteiger partial charge < -0.3 is 9.84 Å². The van der Waals surface area contributed by atoms with Gasteiger partial charge in [0.1, 0.15) is 6.10 Å². The summed E-state index contributed by atoms with van der Waals surface area (Å²) in [7, 11) is 0. The molecular formula is C13H11BrF3NO2S. The van der Waals surface area contributed by atoms with Crippen LogP contribution in [-0.4, -0.2) is 28.2 Å². The highest BCUT2D eigenvalue weighted by Crippen LogP contribution is 2.37. The van der Waals surface area contributed by atoms with Gasteiger partial charge in [-0.3, -0.25) is 0 Å². The van der Waals surface area contributed by atoms with Gasteiger partial charge in [0.25, 0.3) is 5.92 Å². The maximum atomic E-state index is 14.0. The molecule has 3 nitrogen and oxygen atoms in total. The third-order valence-electron chi connectivity index (χ3n) is 3.43. The van der Waals surface area contributed by atoms with Crippen molar-refractivity contribution in [1.29, 1.82) is 0 Å². The molecule has 0 bridgehead atoms. The van der Waals surface area contributed by atoms with E-state index in [-0.39, 0.29) is 18.6 Å². The minimum Gasteiger partial charge on any atom is -0.484 e. The summed E-state index contributed by atoms with van der Waals surface area (Å²) >= 11 is 4.49. The number of halogens is 4. The molecule has 0 saturated heterocycles. The number of aromatic nitrogens is 1. The lowest BCUT2D eigenvalue weighted by molar-refractivity contribution is -0.114. The minimum atomic E-state index is -2.89. The first-order valence-electron chi connectivity index (χ1n) is 6.32. The zero-order chi connectivity index (χ0) is 15.2. The van der Waals surface area contributed by atoms with E-state index in [0.717, 1.165) is 0 Å². The van der Waals surface area contributed by atoms with Crippen LogP contribution >= 0.6 is 27.3 Å². The maximum Gasteiger partial charge on any atom is 0.251 e. The molecule has 1 N–H and O–H groups in total. The quantitative estimate of drug-likeness (QED) is 0.850. The first-order valence-corrected chi connectivity index (χ1v) is 7.93. The molecule has 3 rings (SSSR count). The van der Waals surface area contributed by atoms with Crippen LogP contribution < -0.4 is 4.74 Å². The van der Waals surface area contributed by atoms with Crippen molar-refractivity contribution in [3.63, 3.8) is 0 Å². The number of hydrogen-bond donors (Lipinski definition) is 1. The number of alkyl halides is 2. The summed E-state index contributed by atoms with van der Waals surface area (Å²) in [6.07, 6.45) is -3.19. The average molecular weight is 382 g/mol. The molecule has 1 fully saturated rings. The van der Waals surface area contributed by atoms with E-state index in [1.165, 1.54) is 23.5 Å². The lowest BCUT2D eigenvalue weighted by Crippen LogP contribution is -2.43. The Labute approximate surface area is 130 Å². The summed E-state index contributed by atoms with van der Waals surface area (Å²) in [5.74, 6) is -3.71. The fraction of sp³-hybridized carbons (Fsp3) is 0.462. The van der Waals surface area contributed by atoms with Gasteiger partial charge in [-0.05, 0) is 22.4 Å². The van der Waals surface area contributed by atoms with E-state index in [4.69, 9.17) is 4.74 Å². The minimum absolute atomic E-state index is 0.0619. The fourth-order valence-corrected chi connectivity index (χ4v) is 3.77. The van der Waals surface area contributed by atoms with Gasteiger partial charge in [0.15, 0.2) is 15.5 Å². The van der Waals surface area contributed by atoms with Gasteiger partial charge in [-0.2, -0.15) is 0 Å². The molecule has 1 unspecified atom stereocenters. The molecule has 114 valence electrons. The highest BCUT2D eigenvalue weighted by Gasteiger charge is 2.42. The van der Waals surface area contributed by atoms with Crippen molar-refractivity contribution < 1.29 is 23.0 Å². The normalized spacial score (nSPS) is 25.2. The Kier molecular flexibility index (Phi) is 3.87. The van der Waals surface area contributed by atoms with E-state index in [1.807, 2.05) is 0 Å². The Balaban J connectivity index is 1.88. The van der Waals surface area contributed by atoms with Crippen LogP contribution in [0.1, 0.15) is 19.3 Å². The van der Waals surface area contributed by atoms with Crippen LogP contribution in [0.5, 0.6) is 5.75 Å². The second kappa shape index (κ2) is 5.40. The average Bonchev–Trinajstić information content (AvgIpc) is 2.73. The molecule has 1 saturated carbocycles. The topological polar surface area (TPSA) is 42.4 Å². The summed E-state index contributed by atoms with van der Waals surface area (Å²) < 4.78 is 47.3. The number of benzene rings is 1. The van der Waals surface area contributed by atoms with E-state index < -0.39 is 30.4 Å². The van der Waals surface area contributed by atoms with E-state index in [1.54, 1.807) is 0 Å². The monoisotopic (exact) mass is 381 g/mol. The van der Waals surface area contributed by atoms with Crippen molar-refractivity contribution >= 4 is 37.5 Å². The molecule has 1 aliphatic carbocycles. The first-order chi connectivity index (χ1) is 9.84. The second-order valence-corrected chi connectivity index (χ2v) is 7.35. The summed E-state index contributed by atoms with van der Waals surface area (Å²) in [6, 6.07) is 2.62. The molecule has 1 aromatic carbocycles. The molecule has 1 aliphatic rings. The van der Waals surface area contributed by atoms with Gasteiger partial charge >= 0.3 is 0 Å². The van der Waals surface area contributed by atoms with E-state index in [0.29, 0.717) is 14.1 Å². The molecule has 0 aliphatic heterocycles. The smallest absolute Gasteiger partial charge is 0.251 e. The number of aliphatic hydroxyl groups is 1. The largest absolute Gasteiger partial charge is 0.484 e. The molecule has 1 heterocycles. The second-order valence-electron chi connectivity index (χ2n) is 5.04. The summed E-state index contributed by atoms with van der Waals surface area (Å²) in [4.78, 5) is 4.07. The highest BCUT2D eigenvalue weighted by atomic mass is 79.9. The molecule has 2 atom stereocenters. The van der Waals surface area contributed by atoms with Crippen LogP contribution in [0.25, 0.3) is 10.2 Å². The summed E-state index contributed by atoms with van der Waals surface area (Å²) in [6.45, 7) is 0. The van der Waals surface area contributed by atoms with Gasteiger partial charge in [-0.15, -0.1) is 11.3 Å². The third-order valence-corrected chi connectivity index (χ3v) is 4.90. The van der Waals surface area contributed by atoms with Gasteiger partial charge in [-0.25, -0.2) is 18.2 Å². The molecule has 0 amide bonds. The van der Waals surface area contributed by atoms with Crippen molar-refractivity contribution in [2.45, 2.75) is 37.4 Å². The number of hydrogen-bond acceptors (Lipinski definition) is 4.